The predicted molar refractivity (Wildman–Crippen MR) is 50.7 cm³/mol. The second-order valence-corrected chi connectivity index (χ2v) is 2.54. The maximum absolute atomic E-state index is 12.9. The van der Waals surface area contributed by atoms with Gasteiger partial charge in [0.05, 0.1) is 7.11 Å². The van der Waals surface area contributed by atoms with Gasteiger partial charge in [-0.15, -0.1) is 0 Å². The Bertz CT molecular complexity index is 353. The molecule has 2 N–H and O–H groups in total. The van der Waals surface area contributed by atoms with Crippen LogP contribution in [0, 0.1) is 5.82 Å². The Morgan fingerprint density at radius 2 is 2.29 bits per heavy atom. The minimum Gasteiger partial charge on any atom is -0.505 e. The monoisotopic (exact) mass is 198 g/mol. The molecule has 0 aromatic heterocycles. The third-order valence-corrected chi connectivity index (χ3v) is 1.64. The van der Waals surface area contributed by atoms with Gasteiger partial charge in [0.25, 0.3) is 0 Å². The van der Waals surface area contributed by atoms with Crippen molar-refractivity contribution in [1.29, 1.82) is 0 Å². The van der Waals surface area contributed by atoms with E-state index in [1.54, 1.807) is 7.05 Å². The van der Waals surface area contributed by atoms with Crippen LogP contribution in [0.5, 0.6) is 5.75 Å². The van der Waals surface area contributed by atoms with Crippen molar-refractivity contribution in [2.45, 2.75) is 0 Å². The SMILES string of the molecule is CN=C(NOC)c1ccc(O)c(F)c1. The number of benzene rings is 1. The predicted octanol–water partition coefficient (Wildman–Crippen LogP) is 1.06. The molecule has 0 fully saturated rings. The van der Waals surface area contributed by atoms with E-state index < -0.39 is 5.82 Å². The van der Waals surface area contributed by atoms with Crippen molar-refractivity contribution in [2.24, 2.45) is 4.99 Å². The first-order chi connectivity index (χ1) is 6.69. The maximum atomic E-state index is 12.9. The highest BCUT2D eigenvalue weighted by molar-refractivity contribution is 5.98. The standard InChI is InChI=1S/C9H11FN2O2/c1-11-9(12-14-2)6-3-4-8(13)7(10)5-6/h3-5,13H,1-2H3,(H,11,12). The first-order valence-electron chi connectivity index (χ1n) is 3.93. The number of hydrogen-bond donors (Lipinski definition) is 2. The summed E-state index contributed by atoms with van der Waals surface area (Å²) in [5, 5.41) is 8.96. The molecule has 0 heterocycles. The number of phenols is 1. The number of nitrogens with one attached hydrogen (secondary N) is 1. The number of rotatable bonds is 2. The Hall–Kier alpha value is -1.62. The van der Waals surface area contributed by atoms with Crippen molar-refractivity contribution >= 4 is 5.84 Å². The summed E-state index contributed by atoms with van der Waals surface area (Å²) in [6.07, 6.45) is 0. The summed E-state index contributed by atoms with van der Waals surface area (Å²) in [6, 6.07) is 3.96. The molecule has 0 amide bonds. The van der Waals surface area contributed by atoms with Crippen LogP contribution < -0.4 is 5.48 Å². The van der Waals surface area contributed by atoms with Crippen LogP contribution in [0.15, 0.2) is 23.2 Å². The lowest BCUT2D eigenvalue weighted by Crippen LogP contribution is -2.23. The van der Waals surface area contributed by atoms with Crippen LogP contribution in [0.1, 0.15) is 5.56 Å². The molecule has 0 aliphatic carbocycles. The minimum absolute atomic E-state index is 0.387. The molecule has 5 heteroatoms. The zero-order chi connectivity index (χ0) is 10.6. The van der Waals surface area contributed by atoms with E-state index in [9.17, 15) is 4.39 Å². The Balaban J connectivity index is 3.00. The zero-order valence-electron chi connectivity index (χ0n) is 7.91. The Morgan fingerprint density at radius 1 is 1.57 bits per heavy atom. The van der Waals surface area contributed by atoms with Crippen molar-refractivity contribution in [3.05, 3.63) is 29.6 Å². The molecule has 0 aliphatic heterocycles. The minimum atomic E-state index is -0.693. The molecule has 76 valence electrons. The largest absolute Gasteiger partial charge is 0.505 e. The molecule has 0 atom stereocenters. The van der Waals surface area contributed by atoms with Gasteiger partial charge in [-0.3, -0.25) is 9.83 Å². The lowest BCUT2D eigenvalue weighted by Gasteiger charge is -2.06. The molecule has 0 unspecified atom stereocenters. The number of hydroxylamine groups is 1. The second-order valence-electron chi connectivity index (χ2n) is 2.54. The van der Waals surface area contributed by atoms with Gasteiger partial charge in [0.1, 0.15) is 0 Å². The number of amidine groups is 1. The molecule has 0 saturated carbocycles. The lowest BCUT2D eigenvalue weighted by atomic mass is 10.2. The topological polar surface area (TPSA) is 53.9 Å². The van der Waals surface area contributed by atoms with Crippen molar-refractivity contribution in [1.82, 2.24) is 5.48 Å². The van der Waals surface area contributed by atoms with Gasteiger partial charge in [0, 0.05) is 12.6 Å². The molecule has 1 aromatic carbocycles. The van der Waals surface area contributed by atoms with Crippen LogP contribution in [-0.4, -0.2) is 25.1 Å². The molecule has 0 radical (unpaired) electrons. The van der Waals surface area contributed by atoms with Crippen LogP contribution in [-0.2, 0) is 4.84 Å². The van der Waals surface area contributed by atoms with Crippen molar-refractivity contribution in [2.75, 3.05) is 14.2 Å². The van der Waals surface area contributed by atoms with Crippen LogP contribution in [0.25, 0.3) is 0 Å². The summed E-state index contributed by atoms with van der Waals surface area (Å²) < 4.78 is 12.9. The molecule has 14 heavy (non-hydrogen) atoms. The average Bonchev–Trinajstić information content (AvgIpc) is 2.19. The maximum Gasteiger partial charge on any atom is 0.165 e. The zero-order valence-corrected chi connectivity index (χ0v) is 7.91. The molecule has 4 nitrogen and oxygen atoms in total. The first kappa shape index (κ1) is 10.5. The van der Waals surface area contributed by atoms with Gasteiger partial charge >= 0.3 is 0 Å². The van der Waals surface area contributed by atoms with Crippen molar-refractivity contribution < 1.29 is 14.3 Å². The summed E-state index contributed by atoms with van der Waals surface area (Å²) in [5.41, 5.74) is 3.00. The van der Waals surface area contributed by atoms with Crippen LogP contribution in [0.2, 0.25) is 0 Å². The van der Waals surface area contributed by atoms with Crippen LogP contribution in [0.3, 0.4) is 0 Å². The van der Waals surface area contributed by atoms with Gasteiger partial charge < -0.3 is 5.11 Å². The molecule has 1 rings (SSSR count). The van der Waals surface area contributed by atoms with Gasteiger partial charge in [-0.25, -0.2) is 9.87 Å². The third-order valence-electron chi connectivity index (χ3n) is 1.64. The van der Waals surface area contributed by atoms with Gasteiger partial charge in [0.15, 0.2) is 17.4 Å². The third kappa shape index (κ3) is 2.20. The van der Waals surface area contributed by atoms with Gasteiger partial charge in [-0.1, -0.05) is 0 Å². The van der Waals surface area contributed by atoms with Crippen LogP contribution in [0.4, 0.5) is 4.39 Å². The summed E-state index contributed by atoms with van der Waals surface area (Å²) in [5.74, 6) is -0.686. The summed E-state index contributed by atoms with van der Waals surface area (Å²) >= 11 is 0. The summed E-state index contributed by atoms with van der Waals surface area (Å²) in [7, 11) is 2.98. The van der Waals surface area contributed by atoms with E-state index in [0.29, 0.717) is 11.4 Å². The molecular weight excluding hydrogens is 187 g/mol. The molecular formula is C9H11FN2O2. The first-order valence-corrected chi connectivity index (χ1v) is 3.93. The Morgan fingerprint density at radius 3 is 2.79 bits per heavy atom. The average molecular weight is 198 g/mol. The highest BCUT2D eigenvalue weighted by Crippen LogP contribution is 2.16. The number of halogens is 1. The fourth-order valence-corrected chi connectivity index (χ4v) is 0.985. The van der Waals surface area contributed by atoms with E-state index >= 15 is 0 Å². The smallest absolute Gasteiger partial charge is 0.165 e. The molecule has 0 bridgehead atoms. The van der Waals surface area contributed by atoms with E-state index in [-0.39, 0.29) is 5.75 Å². The van der Waals surface area contributed by atoms with Gasteiger partial charge in [0.2, 0.25) is 0 Å². The quantitative estimate of drug-likeness (QED) is 0.424. The second kappa shape index (κ2) is 4.57. The Kier molecular flexibility index (Phi) is 3.41. The molecule has 0 aliphatic rings. The molecule has 0 spiro atoms. The van der Waals surface area contributed by atoms with E-state index in [1.165, 1.54) is 25.3 Å². The fourth-order valence-electron chi connectivity index (χ4n) is 0.985. The van der Waals surface area contributed by atoms with Gasteiger partial charge in [-0.05, 0) is 18.2 Å². The molecule has 1 aromatic rings. The number of nitrogens with zero attached hydrogens (tertiary/aromatic N) is 1. The summed E-state index contributed by atoms with van der Waals surface area (Å²) in [4.78, 5) is 8.50. The highest BCUT2D eigenvalue weighted by atomic mass is 19.1. The number of aromatic hydroxyl groups is 1. The van der Waals surface area contributed by atoms with Crippen LogP contribution >= 0.6 is 0 Å². The Labute approximate surface area is 81.0 Å². The van der Waals surface area contributed by atoms with Gasteiger partial charge in [-0.2, -0.15) is 0 Å². The van der Waals surface area contributed by atoms with E-state index in [1.807, 2.05) is 0 Å². The fraction of sp³-hybridized carbons (Fsp3) is 0.222. The van der Waals surface area contributed by atoms with E-state index in [0.717, 1.165) is 0 Å². The van der Waals surface area contributed by atoms with E-state index in [4.69, 9.17) is 5.11 Å². The number of hydrogen-bond acceptors (Lipinski definition) is 3. The molecule has 0 saturated heterocycles. The summed E-state index contributed by atoms with van der Waals surface area (Å²) in [6.45, 7) is 0. The normalized spacial score (nSPS) is 11.5. The highest BCUT2D eigenvalue weighted by Gasteiger charge is 2.06. The van der Waals surface area contributed by atoms with E-state index in [2.05, 4.69) is 15.3 Å². The van der Waals surface area contributed by atoms with Crippen molar-refractivity contribution in [3.63, 3.8) is 0 Å². The van der Waals surface area contributed by atoms with Crippen molar-refractivity contribution in [3.8, 4) is 5.75 Å². The lowest BCUT2D eigenvalue weighted by molar-refractivity contribution is 0.145. The number of phenolic OH excluding ortho intramolecular Hbond substituents is 1. The number of aliphatic imine (C=N–C) groups is 1.